The molecule has 0 amide bonds. The smallest absolute Gasteiger partial charge is 0.306 e. The van der Waals surface area contributed by atoms with Crippen molar-refractivity contribution in [1.82, 2.24) is 0 Å². The van der Waals surface area contributed by atoms with E-state index in [4.69, 9.17) is 11.6 Å². The second kappa shape index (κ2) is 5.67. The Morgan fingerprint density at radius 1 is 0.810 bits per heavy atom. The minimum absolute atomic E-state index is 0.0330. The van der Waals surface area contributed by atoms with Crippen LogP contribution < -0.4 is 4.18 Å². The zero-order chi connectivity index (χ0) is 15.7. The third kappa shape index (κ3) is 3.96. The van der Waals surface area contributed by atoms with Crippen molar-refractivity contribution in [3.05, 3.63) is 53.6 Å². The summed E-state index contributed by atoms with van der Waals surface area (Å²) >= 11 is 5.72. The molecule has 112 valence electrons. The molecule has 0 aliphatic carbocycles. The Bertz CT molecular complexity index is 838. The molecule has 0 aliphatic heterocycles. The van der Waals surface area contributed by atoms with Gasteiger partial charge in [0.15, 0.2) is 0 Å². The molecule has 0 atom stereocenters. The van der Waals surface area contributed by atoms with E-state index in [9.17, 15) is 16.8 Å². The van der Waals surface area contributed by atoms with Gasteiger partial charge in [0.25, 0.3) is 0 Å². The molecule has 0 fully saturated rings. The molecule has 0 saturated heterocycles. The van der Waals surface area contributed by atoms with Crippen LogP contribution in [0.1, 0.15) is 0 Å². The van der Waals surface area contributed by atoms with Crippen molar-refractivity contribution >= 4 is 31.6 Å². The summed E-state index contributed by atoms with van der Waals surface area (Å²) in [7, 11) is -7.33. The monoisotopic (exact) mass is 346 g/mol. The van der Waals surface area contributed by atoms with Crippen LogP contribution in [0.25, 0.3) is 0 Å². The molecule has 0 bridgehead atoms. The first-order chi connectivity index (χ1) is 9.68. The topological polar surface area (TPSA) is 77.5 Å². The lowest BCUT2D eigenvalue weighted by Gasteiger charge is -2.06. The van der Waals surface area contributed by atoms with Crippen molar-refractivity contribution in [2.75, 3.05) is 6.26 Å². The Morgan fingerprint density at radius 3 is 1.67 bits per heavy atom. The van der Waals surface area contributed by atoms with Crippen LogP contribution in [-0.2, 0) is 20.0 Å². The third-order valence-corrected chi connectivity index (χ3v) is 5.04. The molecule has 0 heterocycles. The van der Waals surface area contributed by atoms with E-state index >= 15 is 0 Å². The van der Waals surface area contributed by atoms with Crippen molar-refractivity contribution in [3.63, 3.8) is 0 Å². The number of sulfone groups is 1. The summed E-state index contributed by atoms with van der Waals surface area (Å²) < 4.78 is 51.3. The number of hydrogen-bond donors (Lipinski definition) is 0. The van der Waals surface area contributed by atoms with Gasteiger partial charge in [0, 0.05) is 5.02 Å². The maximum atomic E-state index is 12.3. The van der Waals surface area contributed by atoms with Gasteiger partial charge in [0.1, 0.15) is 5.75 Å². The van der Waals surface area contributed by atoms with Gasteiger partial charge in [0.05, 0.1) is 16.0 Å². The van der Waals surface area contributed by atoms with Crippen LogP contribution in [0.2, 0.25) is 5.02 Å². The third-order valence-electron chi connectivity index (χ3n) is 2.51. The van der Waals surface area contributed by atoms with Crippen molar-refractivity contribution in [3.8, 4) is 5.75 Å². The minimum Gasteiger partial charge on any atom is -0.383 e. The highest BCUT2D eigenvalue weighted by Gasteiger charge is 2.17. The van der Waals surface area contributed by atoms with Gasteiger partial charge < -0.3 is 4.18 Å². The highest BCUT2D eigenvalue weighted by atomic mass is 35.5. The predicted octanol–water partition coefficient (Wildman–Crippen LogP) is 2.51. The summed E-state index contributed by atoms with van der Waals surface area (Å²) in [6, 6.07) is 10.9. The van der Waals surface area contributed by atoms with Gasteiger partial charge in [0.2, 0.25) is 9.84 Å². The van der Waals surface area contributed by atoms with Crippen LogP contribution in [0, 0.1) is 0 Å². The Balaban J connectivity index is 2.35. The lowest BCUT2D eigenvalue weighted by atomic mass is 10.3. The van der Waals surface area contributed by atoms with Crippen molar-refractivity contribution in [2.24, 2.45) is 0 Å². The van der Waals surface area contributed by atoms with E-state index in [2.05, 4.69) is 4.18 Å². The zero-order valence-electron chi connectivity index (χ0n) is 10.9. The molecular weight excluding hydrogens is 336 g/mol. The lowest BCUT2D eigenvalue weighted by molar-refractivity contribution is 0.493. The average molecular weight is 347 g/mol. The quantitative estimate of drug-likeness (QED) is 0.795. The van der Waals surface area contributed by atoms with Gasteiger partial charge in [-0.1, -0.05) is 11.6 Å². The van der Waals surface area contributed by atoms with Gasteiger partial charge in [-0.3, -0.25) is 0 Å². The maximum Gasteiger partial charge on any atom is 0.306 e. The minimum atomic E-state index is -3.68. The maximum absolute atomic E-state index is 12.3. The summed E-state index contributed by atoms with van der Waals surface area (Å²) in [5.74, 6) is 0.0487. The van der Waals surface area contributed by atoms with Gasteiger partial charge in [-0.25, -0.2) is 8.42 Å². The van der Waals surface area contributed by atoms with Crippen LogP contribution >= 0.6 is 11.6 Å². The number of rotatable bonds is 4. The Hall–Kier alpha value is -1.57. The SMILES string of the molecule is CS(=O)(=O)Oc1ccc(S(=O)(=O)c2ccc(Cl)cc2)cc1. The number of hydrogen-bond acceptors (Lipinski definition) is 5. The highest BCUT2D eigenvalue weighted by molar-refractivity contribution is 7.91. The summed E-state index contributed by atoms with van der Waals surface area (Å²) in [6.45, 7) is 0. The van der Waals surface area contributed by atoms with Crippen LogP contribution in [0.15, 0.2) is 58.3 Å². The second-order valence-corrected chi connectivity index (χ2v) is 8.18. The fourth-order valence-electron chi connectivity index (χ4n) is 1.60. The predicted molar refractivity (Wildman–Crippen MR) is 78.8 cm³/mol. The molecule has 21 heavy (non-hydrogen) atoms. The van der Waals surface area contributed by atoms with E-state index in [0.29, 0.717) is 5.02 Å². The first-order valence-electron chi connectivity index (χ1n) is 5.69. The molecule has 2 aromatic rings. The molecular formula is C13H11ClO5S2. The van der Waals surface area contributed by atoms with Crippen molar-refractivity contribution in [1.29, 1.82) is 0 Å². The Kier molecular flexibility index (Phi) is 4.27. The Labute approximate surface area is 128 Å². The van der Waals surface area contributed by atoms with Crippen LogP contribution in [0.3, 0.4) is 0 Å². The summed E-state index contributed by atoms with van der Waals surface area (Å²) in [4.78, 5) is 0.134. The molecule has 0 unspecified atom stereocenters. The molecule has 0 spiro atoms. The first kappa shape index (κ1) is 15.8. The van der Waals surface area contributed by atoms with Gasteiger partial charge in [-0.05, 0) is 48.5 Å². The van der Waals surface area contributed by atoms with E-state index in [1.165, 1.54) is 48.5 Å². The molecule has 2 rings (SSSR count). The van der Waals surface area contributed by atoms with Crippen molar-refractivity contribution < 1.29 is 21.0 Å². The molecule has 0 aromatic heterocycles. The van der Waals surface area contributed by atoms with Crippen LogP contribution in [0.5, 0.6) is 5.75 Å². The lowest BCUT2D eigenvalue weighted by Crippen LogP contribution is -2.06. The molecule has 0 radical (unpaired) electrons. The van der Waals surface area contributed by atoms with Crippen LogP contribution in [0.4, 0.5) is 0 Å². The Morgan fingerprint density at radius 2 is 1.24 bits per heavy atom. The van der Waals surface area contributed by atoms with Gasteiger partial charge in [-0.15, -0.1) is 0 Å². The summed E-state index contributed by atoms with van der Waals surface area (Å²) in [5.41, 5.74) is 0. The largest absolute Gasteiger partial charge is 0.383 e. The van der Waals surface area contributed by atoms with Crippen LogP contribution in [-0.4, -0.2) is 23.1 Å². The van der Waals surface area contributed by atoms with E-state index in [1.54, 1.807) is 0 Å². The second-order valence-electron chi connectivity index (χ2n) is 4.22. The molecule has 0 saturated carbocycles. The van der Waals surface area contributed by atoms with Gasteiger partial charge in [-0.2, -0.15) is 8.42 Å². The van der Waals surface area contributed by atoms with E-state index in [-0.39, 0.29) is 15.5 Å². The fourth-order valence-corrected chi connectivity index (χ4v) is 3.45. The number of halogens is 1. The van der Waals surface area contributed by atoms with E-state index in [1.807, 2.05) is 0 Å². The molecule has 5 nitrogen and oxygen atoms in total. The van der Waals surface area contributed by atoms with E-state index in [0.717, 1.165) is 6.26 Å². The first-order valence-corrected chi connectivity index (χ1v) is 9.36. The molecule has 8 heteroatoms. The van der Waals surface area contributed by atoms with Crippen molar-refractivity contribution in [2.45, 2.75) is 9.79 Å². The highest BCUT2D eigenvalue weighted by Crippen LogP contribution is 2.24. The average Bonchev–Trinajstić information content (AvgIpc) is 2.38. The summed E-state index contributed by atoms with van der Waals surface area (Å²) in [5, 5.41) is 0.436. The molecule has 0 N–H and O–H groups in total. The normalized spacial score (nSPS) is 12.1. The molecule has 0 aliphatic rings. The fraction of sp³-hybridized carbons (Fsp3) is 0.0769. The standard InChI is InChI=1S/C13H11ClO5S2/c1-20(15,16)19-11-4-8-13(9-5-11)21(17,18)12-6-2-10(14)3-7-12/h2-9H,1H3. The summed E-state index contributed by atoms with van der Waals surface area (Å²) in [6.07, 6.45) is 0.908. The molecule has 2 aromatic carbocycles. The number of benzene rings is 2. The van der Waals surface area contributed by atoms with Gasteiger partial charge >= 0.3 is 10.1 Å². The van der Waals surface area contributed by atoms with E-state index < -0.39 is 20.0 Å². The zero-order valence-corrected chi connectivity index (χ0v) is 13.2.